The summed E-state index contributed by atoms with van der Waals surface area (Å²) in [6.45, 7) is 5.92. The van der Waals surface area contributed by atoms with Crippen molar-refractivity contribution in [3.63, 3.8) is 0 Å². The predicted octanol–water partition coefficient (Wildman–Crippen LogP) is 1.14. The summed E-state index contributed by atoms with van der Waals surface area (Å²) in [6, 6.07) is 4.04. The molecule has 3 aliphatic rings. The van der Waals surface area contributed by atoms with Crippen molar-refractivity contribution in [2.75, 3.05) is 62.3 Å². The first-order valence-corrected chi connectivity index (χ1v) is 10.5. The van der Waals surface area contributed by atoms with Crippen molar-refractivity contribution < 1.29 is 14.1 Å². The van der Waals surface area contributed by atoms with E-state index in [9.17, 15) is 4.79 Å². The van der Waals surface area contributed by atoms with E-state index in [2.05, 4.69) is 25.2 Å². The van der Waals surface area contributed by atoms with Crippen molar-refractivity contribution in [1.82, 2.24) is 20.3 Å². The molecule has 4 heterocycles. The van der Waals surface area contributed by atoms with Gasteiger partial charge in [-0.3, -0.25) is 4.79 Å². The zero-order valence-electron chi connectivity index (χ0n) is 16.5. The number of hydrogen-bond acceptors (Lipinski definition) is 8. The van der Waals surface area contributed by atoms with E-state index in [1.165, 1.54) is 0 Å². The summed E-state index contributed by atoms with van der Waals surface area (Å²) < 4.78 is 10.8. The zero-order valence-corrected chi connectivity index (χ0v) is 16.5. The van der Waals surface area contributed by atoms with Gasteiger partial charge in [-0.1, -0.05) is 5.16 Å². The van der Waals surface area contributed by atoms with E-state index >= 15 is 0 Å². The van der Waals surface area contributed by atoms with E-state index in [0.29, 0.717) is 18.8 Å². The Balaban J connectivity index is 1.20. The van der Waals surface area contributed by atoms with Gasteiger partial charge < -0.3 is 24.0 Å². The van der Waals surface area contributed by atoms with Crippen LogP contribution in [0, 0.1) is 0 Å². The number of aromatic nitrogens is 3. The van der Waals surface area contributed by atoms with Gasteiger partial charge in [-0.25, -0.2) is 0 Å². The molecule has 9 nitrogen and oxygen atoms in total. The number of fused-ring (bicyclic) bond motifs is 1. The molecule has 29 heavy (non-hydrogen) atoms. The lowest BCUT2D eigenvalue weighted by Crippen LogP contribution is -2.49. The summed E-state index contributed by atoms with van der Waals surface area (Å²) in [7, 11) is 0. The fourth-order valence-corrected chi connectivity index (χ4v) is 4.29. The normalized spacial score (nSPS) is 19.9. The van der Waals surface area contributed by atoms with Gasteiger partial charge in [-0.05, 0) is 31.4 Å². The van der Waals surface area contributed by atoms with Crippen molar-refractivity contribution in [2.45, 2.75) is 25.7 Å². The number of ether oxygens (including phenoxy) is 1. The van der Waals surface area contributed by atoms with Crippen LogP contribution in [0.4, 0.5) is 11.6 Å². The Bertz CT molecular complexity index is 854. The molecule has 2 saturated heterocycles. The summed E-state index contributed by atoms with van der Waals surface area (Å²) >= 11 is 0. The Labute approximate surface area is 169 Å². The topological polar surface area (TPSA) is 87.8 Å². The molecule has 0 atom stereocenters. The molecule has 0 unspecified atom stereocenters. The van der Waals surface area contributed by atoms with Crippen LogP contribution in [0.15, 0.2) is 16.7 Å². The van der Waals surface area contributed by atoms with E-state index in [1.807, 2.05) is 17.0 Å². The van der Waals surface area contributed by atoms with Crippen molar-refractivity contribution in [3.8, 4) is 0 Å². The standard InChI is InChI=1S/C20H26N6O3/c27-20(19-15-3-1-2-4-16(15)29-23-19)26-9-7-24(8-10-26)17-5-6-18(22-21-17)25-11-13-28-14-12-25/h5-6H,1-4,7-14H2. The third-order valence-corrected chi connectivity index (χ3v) is 6.02. The molecular weight excluding hydrogens is 372 g/mol. The van der Waals surface area contributed by atoms with Crippen LogP contribution in [-0.2, 0) is 17.6 Å². The van der Waals surface area contributed by atoms with Gasteiger partial charge in [0.15, 0.2) is 17.3 Å². The van der Waals surface area contributed by atoms with Crippen molar-refractivity contribution in [2.24, 2.45) is 0 Å². The molecule has 0 N–H and O–H groups in total. The van der Waals surface area contributed by atoms with Gasteiger partial charge in [0, 0.05) is 51.3 Å². The molecule has 0 radical (unpaired) electrons. The number of amides is 1. The van der Waals surface area contributed by atoms with E-state index in [1.54, 1.807) is 0 Å². The average molecular weight is 398 g/mol. The molecule has 0 bridgehead atoms. The van der Waals surface area contributed by atoms with Gasteiger partial charge in [0.05, 0.1) is 13.2 Å². The van der Waals surface area contributed by atoms with E-state index < -0.39 is 0 Å². The molecule has 0 aromatic carbocycles. The molecule has 154 valence electrons. The Hall–Kier alpha value is -2.68. The third kappa shape index (κ3) is 3.66. The molecule has 2 aliphatic heterocycles. The molecule has 0 saturated carbocycles. The SMILES string of the molecule is O=C(c1noc2c1CCCC2)N1CCN(c2ccc(N3CCOCC3)nn2)CC1. The van der Waals surface area contributed by atoms with Crippen LogP contribution in [0.3, 0.4) is 0 Å². The second kappa shape index (κ2) is 7.98. The molecule has 2 aromatic heterocycles. The number of nitrogens with zero attached hydrogens (tertiary/aromatic N) is 6. The van der Waals surface area contributed by atoms with E-state index in [4.69, 9.17) is 9.26 Å². The molecule has 1 amide bonds. The van der Waals surface area contributed by atoms with Gasteiger partial charge in [-0.2, -0.15) is 0 Å². The van der Waals surface area contributed by atoms with Crippen LogP contribution >= 0.6 is 0 Å². The minimum atomic E-state index is -0.00898. The van der Waals surface area contributed by atoms with Crippen LogP contribution in [0.5, 0.6) is 0 Å². The molecule has 5 rings (SSSR count). The average Bonchev–Trinajstić information content (AvgIpc) is 3.24. The highest BCUT2D eigenvalue weighted by Crippen LogP contribution is 2.25. The van der Waals surface area contributed by atoms with Gasteiger partial charge in [0.25, 0.3) is 5.91 Å². The minimum absolute atomic E-state index is 0.00898. The molecule has 2 aromatic rings. The Morgan fingerprint density at radius 2 is 1.52 bits per heavy atom. The molecule has 9 heteroatoms. The summed E-state index contributed by atoms with van der Waals surface area (Å²) in [5, 5.41) is 12.9. The smallest absolute Gasteiger partial charge is 0.276 e. The van der Waals surface area contributed by atoms with Gasteiger partial charge in [0.2, 0.25) is 0 Å². The minimum Gasteiger partial charge on any atom is -0.378 e. The molecule has 1 aliphatic carbocycles. The first-order chi connectivity index (χ1) is 14.3. The molecular formula is C20H26N6O3. The first kappa shape index (κ1) is 18.4. The van der Waals surface area contributed by atoms with Crippen molar-refractivity contribution in [3.05, 3.63) is 29.2 Å². The molecule has 0 spiro atoms. The Morgan fingerprint density at radius 1 is 0.862 bits per heavy atom. The van der Waals surface area contributed by atoms with Crippen LogP contribution in [-0.4, -0.2) is 78.6 Å². The largest absolute Gasteiger partial charge is 0.378 e. The molecule has 2 fully saturated rings. The van der Waals surface area contributed by atoms with Crippen molar-refractivity contribution >= 4 is 17.5 Å². The quantitative estimate of drug-likeness (QED) is 0.761. The highest BCUT2D eigenvalue weighted by molar-refractivity contribution is 5.94. The van der Waals surface area contributed by atoms with E-state index in [-0.39, 0.29) is 5.91 Å². The monoisotopic (exact) mass is 398 g/mol. The maximum Gasteiger partial charge on any atom is 0.276 e. The number of morpholine rings is 1. The second-order valence-electron chi connectivity index (χ2n) is 7.77. The summed E-state index contributed by atoms with van der Waals surface area (Å²) in [5.41, 5.74) is 1.54. The summed E-state index contributed by atoms with van der Waals surface area (Å²) in [4.78, 5) is 19.2. The van der Waals surface area contributed by atoms with E-state index in [0.717, 1.165) is 88.0 Å². The van der Waals surface area contributed by atoms with Crippen LogP contribution < -0.4 is 9.80 Å². The van der Waals surface area contributed by atoms with Gasteiger partial charge in [-0.15, -0.1) is 10.2 Å². The maximum atomic E-state index is 12.9. The Morgan fingerprint density at radius 3 is 2.21 bits per heavy atom. The number of hydrogen-bond donors (Lipinski definition) is 0. The number of aryl methyl sites for hydroxylation is 1. The number of carbonyl (C=O) groups is 1. The van der Waals surface area contributed by atoms with Gasteiger partial charge in [0.1, 0.15) is 5.76 Å². The highest BCUT2D eigenvalue weighted by atomic mass is 16.5. The van der Waals surface area contributed by atoms with Crippen molar-refractivity contribution in [1.29, 1.82) is 0 Å². The first-order valence-electron chi connectivity index (χ1n) is 10.5. The number of carbonyl (C=O) groups excluding carboxylic acids is 1. The van der Waals surface area contributed by atoms with Gasteiger partial charge >= 0.3 is 0 Å². The number of piperazine rings is 1. The summed E-state index contributed by atoms with van der Waals surface area (Å²) in [6.07, 6.45) is 3.99. The fourth-order valence-electron chi connectivity index (χ4n) is 4.29. The predicted molar refractivity (Wildman–Crippen MR) is 106 cm³/mol. The second-order valence-corrected chi connectivity index (χ2v) is 7.77. The van der Waals surface area contributed by atoms with Crippen LogP contribution in [0.25, 0.3) is 0 Å². The lowest BCUT2D eigenvalue weighted by Gasteiger charge is -2.35. The highest BCUT2D eigenvalue weighted by Gasteiger charge is 2.29. The van der Waals surface area contributed by atoms with Crippen LogP contribution in [0.1, 0.15) is 34.7 Å². The zero-order chi connectivity index (χ0) is 19.6. The lowest BCUT2D eigenvalue weighted by atomic mass is 9.96. The number of rotatable bonds is 3. The maximum absolute atomic E-state index is 12.9. The fraction of sp³-hybridized carbons (Fsp3) is 0.600. The summed E-state index contributed by atoms with van der Waals surface area (Å²) in [5.74, 6) is 2.63. The number of anilines is 2. The third-order valence-electron chi connectivity index (χ3n) is 6.02. The Kier molecular flexibility index (Phi) is 5.05. The lowest BCUT2D eigenvalue weighted by molar-refractivity contribution is 0.0735. The van der Waals surface area contributed by atoms with Crippen LogP contribution in [0.2, 0.25) is 0 Å².